The summed E-state index contributed by atoms with van der Waals surface area (Å²) in [6, 6.07) is 5.60. The molecule has 1 aromatic rings. The fourth-order valence-electron chi connectivity index (χ4n) is 1.47. The van der Waals surface area contributed by atoms with Gasteiger partial charge in [-0.3, -0.25) is 4.79 Å². The van der Waals surface area contributed by atoms with E-state index in [2.05, 4.69) is 26.0 Å². The lowest BCUT2D eigenvalue weighted by atomic mass is 10.0. The molecule has 0 bridgehead atoms. The van der Waals surface area contributed by atoms with Crippen molar-refractivity contribution < 1.29 is 18.3 Å². The van der Waals surface area contributed by atoms with E-state index >= 15 is 0 Å². The van der Waals surface area contributed by atoms with Crippen molar-refractivity contribution in [2.75, 3.05) is 5.33 Å². The van der Waals surface area contributed by atoms with Crippen molar-refractivity contribution in [3.63, 3.8) is 0 Å². The first-order chi connectivity index (χ1) is 8.84. The van der Waals surface area contributed by atoms with Crippen LogP contribution in [0.25, 0.3) is 0 Å². The van der Waals surface area contributed by atoms with Crippen LogP contribution in [0.3, 0.4) is 0 Å². The molecule has 3 nitrogen and oxygen atoms in total. The average Bonchev–Trinajstić information content (AvgIpc) is 2.28. The summed E-state index contributed by atoms with van der Waals surface area (Å²) in [6.07, 6.45) is 0.783. The molecule has 1 amide bonds. The van der Waals surface area contributed by atoms with Gasteiger partial charge in [-0.2, -0.15) is 8.78 Å². The molecule has 0 saturated carbocycles. The Morgan fingerprint density at radius 3 is 2.42 bits per heavy atom. The Labute approximate surface area is 119 Å². The zero-order valence-electron chi connectivity index (χ0n) is 10.8. The predicted molar refractivity (Wildman–Crippen MR) is 73.0 cm³/mol. The summed E-state index contributed by atoms with van der Waals surface area (Å²) in [4.78, 5) is 12.0. The van der Waals surface area contributed by atoms with Crippen molar-refractivity contribution in [1.29, 1.82) is 0 Å². The summed E-state index contributed by atoms with van der Waals surface area (Å²) in [5.41, 5.74) is 0.0721. The maximum absolute atomic E-state index is 12.0. The molecular weight excluding hydrogens is 320 g/mol. The number of rotatable bonds is 6. The van der Waals surface area contributed by atoms with E-state index in [-0.39, 0.29) is 17.2 Å². The van der Waals surface area contributed by atoms with Crippen LogP contribution in [0.4, 0.5) is 8.78 Å². The molecule has 0 heterocycles. The van der Waals surface area contributed by atoms with Crippen molar-refractivity contribution in [3.8, 4) is 5.75 Å². The quantitative estimate of drug-likeness (QED) is 0.807. The largest absolute Gasteiger partial charge is 0.435 e. The molecule has 0 saturated heterocycles. The number of carbonyl (C=O) groups is 1. The van der Waals surface area contributed by atoms with Crippen molar-refractivity contribution in [2.45, 2.75) is 32.4 Å². The van der Waals surface area contributed by atoms with Crippen LogP contribution in [0.2, 0.25) is 0 Å². The van der Waals surface area contributed by atoms with Crippen molar-refractivity contribution in [2.24, 2.45) is 0 Å². The molecule has 1 rings (SSSR count). The van der Waals surface area contributed by atoms with E-state index in [0.717, 1.165) is 11.8 Å². The number of alkyl halides is 3. The lowest BCUT2D eigenvalue weighted by molar-refractivity contribution is -0.0498. The number of hydrogen-bond donors (Lipinski definition) is 1. The van der Waals surface area contributed by atoms with Crippen LogP contribution < -0.4 is 10.1 Å². The molecule has 0 aromatic heterocycles. The molecular formula is C13H16BrF2NO2. The third-order valence-corrected chi connectivity index (χ3v) is 2.91. The van der Waals surface area contributed by atoms with E-state index in [1.54, 1.807) is 0 Å². The fraction of sp³-hybridized carbons (Fsp3) is 0.462. The van der Waals surface area contributed by atoms with Gasteiger partial charge < -0.3 is 10.1 Å². The predicted octanol–water partition coefficient (Wildman–Crippen LogP) is 3.58. The van der Waals surface area contributed by atoms with Gasteiger partial charge in [0.2, 0.25) is 0 Å². The van der Waals surface area contributed by atoms with Crippen molar-refractivity contribution >= 4 is 21.8 Å². The Bertz CT molecular complexity index is 421. The van der Waals surface area contributed by atoms with Gasteiger partial charge in [-0.15, -0.1) is 0 Å². The van der Waals surface area contributed by atoms with Crippen LogP contribution in [-0.4, -0.2) is 23.4 Å². The highest BCUT2D eigenvalue weighted by atomic mass is 79.9. The number of nitrogens with one attached hydrogen (secondary N) is 1. The molecule has 0 unspecified atom stereocenters. The van der Waals surface area contributed by atoms with Gasteiger partial charge in [-0.05, 0) is 44.5 Å². The SMILES string of the molecule is CC(C)(CCBr)NC(=O)c1ccc(OC(F)F)cc1. The molecule has 106 valence electrons. The van der Waals surface area contributed by atoms with Crippen LogP contribution in [-0.2, 0) is 0 Å². The molecule has 1 aromatic carbocycles. The molecule has 0 aliphatic rings. The summed E-state index contributed by atoms with van der Waals surface area (Å²) in [6.45, 7) is 0.971. The van der Waals surface area contributed by atoms with Crippen LogP contribution in [0.1, 0.15) is 30.6 Å². The first-order valence-corrected chi connectivity index (χ1v) is 6.89. The number of benzene rings is 1. The zero-order chi connectivity index (χ0) is 14.5. The molecule has 6 heteroatoms. The number of ether oxygens (including phenoxy) is 1. The van der Waals surface area contributed by atoms with Crippen LogP contribution in [0.15, 0.2) is 24.3 Å². The summed E-state index contributed by atoms with van der Waals surface area (Å²) >= 11 is 3.32. The van der Waals surface area contributed by atoms with Gasteiger partial charge in [0, 0.05) is 16.4 Å². The van der Waals surface area contributed by atoms with Gasteiger partial charge in [-0.1, -0.05) is 15.9 Å². The van der Waals surface area contributed by atoms with Gasteiger partial charge in [0.25, 0.3) is 5.91 Å². The maximum atomic E-state index is 12.0. The van der Waals surface area contributed by atoms with E-state index in [1.165, 1.54) is 24.3 Å². The van der Waals surface area contributed by atoms with Gasteiger partial charge >= 0.3 is 6.61 Å². The average molecular weight is 336 g/mol. The monoisotopic (exact) mass is 335 g/mol. The second-order valence-electron chi connectivity index (χ2n) is 4.68. The second kappa shape index (κ2) is 6.84. The maximum Gasteiger partial charge on any atom is 0.387 e. The third kappa shape index (κ3) is 5.55. The van der Waals surface area contributed by atoms with Crippen molar-refractivity contribution in [3.05, 3.63) is 29.8 Å². The van der Waals surface area contributed by atoms with E-state index in [9.17, 15) is 13.6 Å². The first kappa shape index (κ1) is 15.9. The van der Waals surface area contributed by atoms with Gasteiger partial charge in [0.15, 0.2) is 0 Å². The van der Waals surface area contributed by atoms with Crippen LogP contribution >= 0.6 is 15.9 Å². The smallest absolute Gasteiger partial charge is 0.387 e. The summed E-state index contributed by atoms with van der Waals surface area (Å²) < 4.78 is 28.2. The molecule has 0 aliphatic heterocycles. The number of hydrogen-bond acceptors (Lipinski definition) is 2. The highest BCUT2D eigenvalue weighted by Gasteiger charge is 2.20. The molecule has 0 fully saturated rings. The minimum absolute atomic E-state index is 0.0336. The molecule has 19 heavy (non-hydrogen) atoms. The molecule has 0 spiro atoms. The Morgan fingerprint density at radius 1 is 1.37 bits per heavy atom. The minimum Gasteiger partial charge on any atom is -0.435 e. The highest BCUT2D eigenvalue weighted by molar-refractivity contribution is 9.09. The van der Waals surface area contributed by atoms with E-state index < -0.39 is 6.61 Å². The zero-order valence-corrected chi connectivity index (χ0v) is 12.3. The lowest BCUT2D eigenvalue weighted by Crippen LogP contribution is -2.43. The molecule has 1 N–H and O–H groups in total. The molecule has 0 radical (unpaired) electrons. The third-order valence-electron chi connectivity index (χ3n) is 2.51. The topological polar surface area (TPSA) is 38.3 Å². The fourth-order valence-corrected chi connectivity index (χ4v) is 2.46. The second-order valence-corrected chi connectivity index (χ2v) is 5.47. The molecule has 0 atom stereocenters. The Balaban J connectivity index is 2.68. The number of halogens is 3. The van der Waals surface area contributed by atoms with Gasteiger partial charge in [-0.25, -0.2) is 0 Å². The number of carbonyl (C=O) groups excluding carboxylic acids is 1. The van der Waals surface area contributed by atoms with E-state index in [1.807, 2.05) is 13.8 Å². The Morgan fingerprint density at radius 2 is 1.95 bits per heavy atom. The van der Waals surface area contributed by atoms with E-state index in [0.29, 0.717) is 5.56 Å². The normalized spacial score (nSPS) is 11.5. The van der Waals surface area contributed by atoms with Crippen LogP contribution in [0, 0.1) is 0 Å². The van der Waals surface area contributed by atoms with Crippen LogP contribution in [0.5, 0.6) is 5.75 Å². The molecule has 0 aliphatic carbocycles. The Kier molecular flexibility index (Phi) is 5.72. The van der Waals surface area contributed by atoms with Gasteiger partial charge in [0.05, 0.1) is 0 Å². The van der Waals surface area contributed by atoms with E-state index in [4.69, 9.17) is 0 Å². The number of amides is 1. The summed E-state index contributed by atoms with van der Waals surface area (Å²) in [5, 5.41) is 3.66. The van der Waals surface area contributed by atoms with Gasteiger partial charge in [0.1, 0.15) is 5.75 Å². The van der Waals surface area contributed by atoms with Crippen molar-refractivity contribution in [1.82, 2.24) is 5.32 Å². The summed E-state index contributed by atoms with van der Waals surface area (Å²) in [5.74, 6) is -0.208. The Hall–Kier alpha value is -1.17. The lowest BCUT2D eigenvalue weighted by Gasteiger charge is -2.25. The standard InChI is InChI=1S/C13H16BrF2NO2/c1-13(2,7-8-14)17-11(18)9-3-5-10(6-4-9)19-12(15)16/h3-6,12H,7-8H2,1-2H3,(H,17,18). The summed E-state index contributed by atoms with van der Waals surface area (Å²) in [7, 11) is 0. The highest BCUT2D eigenvalue weighted by Crippen LogP contribution is 2.16. The first-order valence-electron chi connectivity index (χ1n) is 5.77. The minimum atomic E-state index is -2.86.